The van der Waals surface area contributed by atoms with Crippen LogP contribution in [0, 0.1) is 6.92 Å². The van der Waals surface area contributed by atoms with E-state index in [0.717, 1.165) is 16.5 Å². The number of rotatable bonds is 5. The van der Waals surface area contributed by atoms with Gasteiger partial charge in [0.05, 0.1) is 12.6 Å². The van der Waals surface area contributed by atoms with E-state index in [0.29, 0.717) is 29.8 Å². The molecule has 0 saturated heterocycles. The van der Waals surface area contributed by atoms with Crippen molar-refractivity contribution in [1.29, 1.82) is 0 Å². The molecule has 0 aliphatic rings. The van der Waals surface area contributed by atoms with E-state index in [-0.39, 0.29) is 11.5 Å². The van der Waals surface area contributed by atoms with E-state index in [1.54, 1.807) is 31.4 Å². The van der Waals surface area contributed by atoms with Crippen molar-refractivity contribution < 1.29 is 9.53 Å². The van der Waals surface area contributed by atoms with Gasteiger partial charge in [0.2, 0.25) is 0 Å². The number of aromatic nitrogens is 1. The third kappa shape index (κ3) is 3.71. The smallest absolute Gasteiger partial charge is 0.251 e. The van der Waals surface area contributed by atoms with Crippen molar-refractivity contribution in [2.24, 2.45) is 0 Å². The minimum Gasteiger partial charge on any atom is -0.497 e. The number of hydrogen-bond acceptors (Lipinski definition) is 3. The summed E-state index contributed by atoms with van der Waals surface area (Å²) in [6.07, 6.45) is 0.467. The van der Waals surface area contributed by atoms with E-state index in [2.05, 4.69) is 10.3 Å². The van der Waals surface area contributed by atoms with Crippen molar-refractivity contribution >= 4 is 16.8 Å². The summed E-state index contributed by atoms with van der Waals surface area (Å²) in [6, 6.07) is 14.7. The van der Waals surface area contributed by atoms with Crippen LogP contribution in [0.3, 0.4) is 0 Å². The van der Waals surface area contributed by atoms with E-state index < -0.39 is 0 Å². The van der Waals surface area contributed by atoms with Crippen LogP contribution < -0.4 is 15.6 Å². The van der Waals surface area contributed by atoms with Gasteiger partial charge in [0.25, 0.3) is 11.5 Å². The molecule has 0 saturated carbocycles. The van der Waals surface area contributed by atoms with Gasteiger partial charge in [-0.1, -0.05) is 24.3 Å². The van der Waals surface area contributed by atoms with E-state index >= 15 is 0 Å². The average molecular weight is 336 g/mol. The number of carbonyl (C=O) groups is 1. The number of nitrogens with one attached hydrogen (secondary N) is 2. The molecule has 0 unspecified atom stereocenters. The van der Waals surface area contributed by atoms with Crippen LogP contribution in [0.25, 0.3) is 10.9 Å². The topological polar surface area (TPSA) is 71.2 Å². The zero-order valence-corrected chi connectivity index (χ0v) is 14.3. The Kier molecular flexibility index (Phi) is 4.84. The highest BCUT2D eigenvalue weighted by Crippen LogP contribution is 2.15. The first-order chi connectivity index (χ1) is 12.1. The van der Waals surface area contributed by atoms with Gasteiger partial charge in [0.1, 0.15) is 5.75 Å². The quantitative estimate of drug-likeness (QED) is 0.752. The maximum atomic E-state index is 12.2. The SMILES string of the molecule is COc1cccc(C(=O)NCCc2cc3cccc(C)c3[nH]c2=O)c1. The van der Waals surface area contributed by atoms with Crippen LogP contribution in [0.15, 0.2) is 53.3 Å². The molecule has 1 heterocycles. The number of amides is 1. The van der Waals surface area contributed by atoms with E-state index in [1.165, 1.54) is 0 Å². The largest absolute Gasteiger partial charge is 0.497 e. The molecule has 0 aliphatic heterocycles. The van der Waals surface area contributed by atoms with E-state index in [9.17, 15) is 9.59 Å². The van der Waals surface area contributed by atoms with Crippen molar-refractivity contribution in [2.45, 2.75) is 13.3 Å². The van der Waals surface area contributed by atoms with Crippen molar-refractivity contribution in [3.05, 3.63) is 75.6 Å². The minimum absolute atomic E-state index is 0.113. The molecule has 0 fully saturated rings. The molecule has 3 rings (SSSR count). The van der Waals surface area contributed by atoms with E-state index in [4.69, 9.17) is 4.74 Å². The molecule has 1 amide bonds. The Morgan fingerprint density at radius 3 is 2.76 bits per heavy atom. The highest BCUT2D eigenvalue weighted by molar-refractivity contribution is 5.94. The summed E-state index contributed by atoms with van der Waals surface area (Å²) in [4.78, 5) is 27.3. The van der Waals surface area contributed by atoms with Gasteiger partial charge >= 0.3 is 0 Å². The molecule has 0 spiro atoms. The highest BCUT2D eigenvalue weighted by atomic mass is 16.5. The fourth-order valence-corrected chi connectivity index (χ4v) is 2.79. The molecule has 5 heteroatoms. The molecule has 0 aliphatic carbocycles. The Hall–Kier alpha value is -3.08. The summed E-state index contributed by atoms with van der Waals surface area (Å²) in [5.74, 6) is 0.445. The number of fused-ring (bicyclic) bond motifs is 1. The number of ether oxygens (including phenoxy) is 1. The van der Waals surface area contributed by atoms with Crippen molar-refractivity contribution in [1.82, 2.24) is 10.3 Å². The number of pyridine rings is 1. The van der Waals surface area contributed by atoms with Gasteiger partial charge in [-0.15, -0.1) is 0 Å². The predicted octanol–water partition coefficient (Wildman–Crippen LogP) is 2.82. The second kappa shape index (κ2) is 7.21. The van der Waals surface area contributed by atoms with E-state index in [1.807, 2.05) is 31.2 Å². The standard InChI is InChI=1S/C20H20N2O3/c1-13-5-3-6-14-11-16(20(24)22-18(13)14)9-10-21-19(23)15-7-4-8-17(12-15)25-2/h3-8,11-12H,9-10H2,1-2H3,(H,21,23)(H,22,24). The molecule has 5 nitrogen and oxygen atoms in total. The molecule has 128 valence electrons. The second-order valence-corrected chi connectivity index (χ2v) is 5.90. The number of aromatic amines is 1. The van der Waals surface area contributed by atoms with Crippen LogP contribution in [0.5, 0.6) is 5.75 Å². The Labute approximate surface area is 145 Å². The Morgan fingerprint density at radius 1 is 1.16 bits per heavy atom. The van der Waals surface area contributed by atoms with Crippen molar-refractivity contribution in [3.63, 3.8) is 0 Å². The van der Waals surface area contributed by atoms with Gasteiger partial charge < -0.3 is 15.0 Å². The lowest BCUT2D eigenvalue weighted by molar-refractivity contribution is 0.0953. The fraction of sp³-hybridized carbons (Fsp3) is 0.200. The van der Waals surface area contributed by atoms with Gasteiger partial charge in [-0.2, -0.15) is 0 Å². The molecule has 25 heavy (non-hydrogen) atoms. The summed E-state index contributed by atoms with van der Waals surface area (Å²) in [5.41, 5.74) is 2.97. The van der Waals surface area contributed by atoms with Crippen LogP contribution in [0.1, 0.15) is 21.5 Å². The molecule has 1 aromatic heterocycles. The fourth-order valence-electron chi connectivity index (χ4n) is 2.79. The molecule has 0 bridgehead atoms. The summed E-state index contributed by atoms with van der Waals surface area (Å²) < 4.78 is 5.12. The molecule has 0 atom stereocenters. The number of para-hydroxylation sites is 1. The zero-order valence-electron chi connectivity index (χ0n) is 14.3. The molecule has 3 aromatic rings. The Bertz CT molecular complexity index is 976. The molecular weight excluding hydrogens is 316 g/mol. The summed E-state index contributed by atoms with van der Waals surface area (Å²) in [7, 11) is 1.56. The van der Waals surface area contributed by atoms with Crippen LogP contribution in [0.2, 0.25) is 0 Å². The summed E-state index contributed by atoms with van der Waals surface area (Å²) >= 11 is 0. The Morgan fingerprint density at radius 2 is 1.96 bits per heavy atom. The lowest BCUT2D eigenvalue weighted by Gasteiger charge is -2.08. The van der Waals surface area contributed by atoms with Gasteiger partial charge in [-0.3, -0.25) is 9.59 Å². The first-order valence-corrected chi connectivity index (χ1v) is 8.12. The zero-order chi connectivity index (χ0) is 17.8. The van der Waals surface area contributed by atoms with Crippen molar-refractivity contribution in [3.8, 4) is 5.75 Å². The molecule has 2 N–H and O–H groups in total. The van der Waals surface area contributed by atoms with Gasteiger partial charge in [-0.25, -0.2) is 0 Å². The summed E-state index contributed by atoms with van der Waals surface area (Å²) in [5, 5.41) is 3.83. The number of hydrogen-bond donors (Lipinski definition) is 2. The number of methoxy groups -OCH3 is 1. The molecule has 0 radical (unpaired) electrons. The van der Waals surface area contributed by atoms with Crippen LogP contribution >= 0.6 is 0 Å². The lowest BCUT2D eigenvalue weighted by Crippen LogP contribution is -2.27. The average Bonchev–Trinajstić information content (AvgIpc) is 2.63. The Balaban J connectivity index is 1.69. The maximum Gasteiger partial charge on any atom is 0.251 e. The predicted molar refractivity (Wildman–Crippen MR) is 98.3 cm³/mol. The lowest BCUT2D eigenvalue weighted by atomic mass is 10.1. The van der Waals surface area contributed by atoms with Gasteiger partial charge in [0.15, 0.2) is 0 Å². The number of aryl methyl sites for hydroxylation is 1. The van der Waals surface area contributed by atoms with Crippen molar-refractivity contribution in [2.75, 3.05) is 13.7 Å². The maximum absolute atomic E-state index is 12.2. The number of benzene rings is 2. The van der Waals surface area contributed by atoms with Crippen LogP contribution in [0.4, 0.5) is 0 Å². The molecule has 2 aromatic carbocycles. The first kappa shape index (κ1) is 16.8. The van der Waals surface area contributed by atoms with Crippen LogP contribution in [-0.2, 0) is 6.42 Å². The number of H-pyrrole nitrogens is 1. The molecular formula is C20H20N2O3. The monoisotopic (exact) mass is 336 g/mol. The minimum atomic E-state index is -0.188. The van der Waals surface area contributed by atoms with Crippen LogP contribution in [-0.4, -0.2) is 24.5 Å². The normalized spacial score (nSPS) is 10.6. The van der Waals surface area contributed by atoms with Gasteiger partial charge in [0, 0.05) is 17.7 Å². The summed E-state index contributed by atoms with van der Waals surface area (Å²) in [6.45, 7) is 2.35. The third-order valence-corrected chi connectivity index (χ3v) is 4.18. The number of carbonyl (C=O) groups excluding carboxylic acids is 1. The first-order valence-electron chi connectivity index (χ1n) is 8.12. The van der Waals surface area contributed by atoms with Gasteiger partial charge in [-0.05, 0) is 48.6 Å². The highest BCUT2D eigenvalue weighted by Gasteiger charge is 2.08. The second-order valence-electron chi connectivity index (χ2n) is 5.90. The third-order valence-electron chi connectivity index (χ3n) is 4.18.